The summed E-state index contributed by atoms with van der Waals surface area (Å²) in [5, 5.41) is 1.27. The minimum atomic E-state index is 0.238. The van der Waals surface area contributed by atoms with Gasteiger partial charge in [0.1, 0.15) is 0 Å². The smallest absolute Gasteiger partial charge is 0.0931 e. The molecular formula is C17H19ClN2S. The molecule has 0 amide bonds. The van der Waals surface area contributed by atoms with E-state index in [4.69, 9.17) is 17.3 Å². The monoisotopic (exact) mass is 318 g/mol. The maximum absolute atomic E-state index is 6.07. The zero-order chi connectivity index (χ0) is 14.8. The van der Waals surface area contributed by atoms with Gasteiger partial charge >= 0.3 is 0 Å². The number of nitrogens with two attached hydrogens (primary N) is 1. The van der Waals surface area contributed by atoms with E-state index in [0.717, 1.165) is 23.7 Å². The van der Waals surface area contributed by atoms with E-state index in [-0.39, 0.29) is 6.04 Å². The van der Waals surface area contributed by atoms with Crippen molar-refractivity contribution in [3.63, 3.8) is 0 Å². The van der Waals surface area contributed by atoms with Crippen LogP contribution in [0.5, 0.6) is 0 Å². The second-order valence-corrected chi connectivity index (χ2v) is 7.21. The second-order valence-electron chi connectivity index (χ2n) is 5.42. The van der Waals surface area contributed by atoms with Gasteiger partial charge in [0.25, 0.3) is 0 Å². The van der Waals surface area contributed by atoms with E-state index in [1.165, 1.54) is 21.3 Å². The zero-order valence-corrected chi connectivity index (χ0v) is 13.6. The van der Waals surface area contributed by atoms with E-state index in [9.17, 15) is 0 Å². The maximum Gasteiger partial charge on any atom is 0.0931 e. The SMILES string of the molecule is CCC(N)Cc1ccc2ccn(Cc3ccc(Cl)s3)c2c1. The molecule has 2 nitrogen and oxygen atoms in total. The van der Waals surface area contributed by atoms with Crippen LogP contribution in [0.15, 0.2) is 42.6 Å². The summed E-state index contributed by atoms with van der Waals surface area (Å²) in [5.41, 5.74) is 8.64. The average Bonchev–Trinajstić information content (AvgIpc) is 3.06. The van der Waals surface area contributed by atoms with Gasteiger partial charge in [-0.15, -0.1) is 11.3 Å². The lowest BCUT2D eigenvalue weighted by Gasteiger charge is -2.10. The van der Waals surface area contributed by atoms with Gasteiger partial charge in [0.2, 0.25) is 0 Å². The average molecular weight is 319 g/mol. The molecule has 0 saturated carbocycles. The van der Waals surface area contributed by atoms with Crippen molar-refractivity contribution in [1.82, 2.24) is 4.57 Å². The Bertz CT molecular complexity index is 744. The topological polar surface area (TPSA) is 30.9 Å². The fraction of sp³-hybridized carbons (Fsp3) is 0.294. The van der Waals surface area contributed by atoms with Crippen molar-refractivity contribution >= 4 is 33.8 Å². The number of thiophene rings is 1. The Morgan fingerprint density at radius 2 is 2.10 bits per heavy atom. The molecule has 110 valence electrons. The van der Waals surface area contributed by atoms with Crippen molar-refractivity contribution in [3.8, 4) is 0 Å². The van der Waals surface area contributed by atoms with E-state index in [2.05, 4.69) is 48.0 Å². The van der Waals surface area contributed by atoms with Crippen molar-refractivity contribution in [2.75, 3.05) is 0 Å². The number of halogens is 1. The predicted octanol–water partition coefficient (Wildman–Crippen LogP) is 4.68. The molecule has 1 aromatic carbocycles. The van der Waals surface area contributed by atoms with Gasteiger partial charge in [0.05, 0.1) is 10.9 Å². The van der Waals surface area contributed by atoms with Crippen LogP contribution in [-0.4, -0.2) is 10.6 Å². The lowest BCUT2D eigenvalue weighted by Crippen LogP contribution is -2.21. The molecular weight excluding hydrogens is 300 g/mol. The molecule has 0 aliphatic rings. The highest BCUT2D eigenvalue weighted by atomic mass is 35.5. The molecule has 0 bridgehead atoms. The van der Waals surface area contributed by atoms with E-state index in [0.29, 0.717) is 0 Å². The van der Waals surface area contributed by atoms with Gasteiger partial charge in [0, 0.05) is 22.6 Å². The van der Waals surface area contributed by atoms with Gasteiger partial charge in [-0.1, -0.05) is 30.7 Å². The highest BCUT2D eigenvalue weighted by molar-refractivity contribution is 7.16. The van der Waals surface area contributed by atoms with Crippen molar-refractivity contribution in [2.45, 2.75) is 32.4 Å². The predicted molar refractivity (Wildman–Crippen MR) is 92.3 cm³/mol. The van der Waals surface area contributed by atoms with Crippen LogP contribution in [-0.2, 0) is 13.0 Å². The number of rotatable bonds is 5. The van der Waals surface area contributed by atoms with Crippen LogP contribution in [0.4, 0.5) is 0 Å². The molecule has 0 fully saturated rings. The molecule has 3 aromatic rings. The van der Waals surface area contributed by atoms with Crippen LogP contribution in [0.3, 0.4) is 0 Å². The third-order valence-electron chi connectivity index (χ3n) is 3.82. The molecule has 1 atom stereocenters. The summed E-state index contributed by atoms with van der Waals surface area (Å²) in [5.74, 6) is 0. The summed E-state index contributed by atoms with van der Waals surface area (Å²) in [6.45, 7) is 3.00. The van der Waals surface area contributed by atoms with Crippen molar-refractivity contribution in [3.05, 3.63) is 57.4 Å². The highest BCUT2D eigenvalue weighted by Crippen LogP contribution is 2.25. The molecule has 0 saturated heterocycles. The first kappa shape index (κ1) is 14.6. The Kier molecular flexibility index (Phi) is 4.34. The molecule has 0 aliphatic heterocycles. The van der Waals surface area contributed by atoms with Crippen LogP contribution in [0.25, 0.3) is 10.9 Å². The summed E-state index contributed by atoms with van der Waals surface area (Å²) in [6, 6.07) is 13.1. The molecule has 3 rings (SSSR count). The number of aromatic nitrogens is 1. The summed E-state index contributed by atoms with van der Waals surface area (Å²) >= 11 is 7.65. The number of fused-ring (bicyclic) bond motifs is 1. The fourth-order valence-corrected chi connectivity index (χ4v) is 3.63. The summed E-state index contributed by atoms with van der Waals surface area (Å²) in [6.07, 6.45) is 4.08. The number of benzene rings is 1. The molecule has 0 spiro atoms. The Hall–Kier alpha value is -1.29. The Balaban J connectivity index is 1.90. The Labute approximate surface area is 134 Å². The molecule has 0 aliphatic carbocycles. The Morgan fingerprint density at radius 3 is 2.81 bits per heavy atom. The lowest BCUT2D eigenvalue weighted by atomic mass is 10.0. The first-order chi connectivity index (χ1) is 10.2. The summed E-state index contributed by atoms with van der Waals surface area (Å²) < 4.78 is 3.12. The molecule has 4 heteroatoms. The summed E-state index contributed by atoms with van der Waals surface area (Å²) in [7, 11) is 0. The molecule has 2 aromatic heterocycles. The van der Waals surface area contributed by atoms with Gasteiger partial charge in [-0.25, -0.2) is 0 Å². The largest absolute Gasteiger partial charge is 0.342 e. The minimum Gasteiger partial charge on any atom is -0.342 e. The van der Waals surface area contributed by atoms with Gasteiger partial charge in [0.15, 0.2) is 0 Å². The standard InChI is InChI=1S/C17H19ClN2S/c1-2-14(19)9-12-3-4-13-7-8-20(16(13)10-12)11-15-5-6-17(18)21-15/h3-8,10,14H,2,9,11,19H2,1H3. The third-order valence-corrected chi connectivity index (χ3v) is 5.03. The van der Waals surface area contributed by atoms with E-state index in [1.807, 2.05) is 6.07 Å². The summed E-state index contributed by atoms with van der Waals surface area (Å²) in [4.78, 5) is 1.27. The minimum absolute atomic E-state index is 0.238. The van der Waals surface area contributed by atoms with Crippen LogP contribution >= 0.6 is 22.9 Å². The van der Waals surface area contributed by atoms with Crippen LogP contribution in [0, 0.1) is 0 Å². The highest BCUT2D eigenvalue weighted by Gasteiger charge is 2.07. The molecule has 1 unspecified atom stereocenters. The number of nitrogens with zero attached hydrogens (tertiary/aromatic N) is 1. The first-order valence-corrected chi connectivity index (χ1v) is 8.42. The Morgan fingerprint density at radius 1 is 1.24 bits per heavy atom. The molecule has 0 radical (unpaired) electrons. The van der Waals surface area contributed by atoms with E-state index < -0.39 is 0 Å². The lowest BCUT2D eigenvalue weighted by molar-refractivity contribution is 0.646. The van der Waals surface area contributed by atoms with Crippen molar-refractivity contribution < 1.29 is 0 Å². The van der Waals surface area contributed by atoms with Gasteiger partial charge in [-0.3, -0.25) is 0 Å². The first-order valence-electron chi connectivity index (χ1n) is 7.23. The van der Waals surface area contributed by atoms with Gasteiger partial charge < -0.3 is 10.3 Å². The number of hydrogen-bond acceptors (Lipinski definition) is 2. The molecule has 2 heterocycles. The van der Waals surface area contributed by atoms with E-state index >= 15 is 0 Å². The molecule has 21 heavy (non-hydrogen) atoms. The van der Waals surface area contributed by atoms with E-state index in [1.54, 1.807) is 11.3 Å². The van der Waals surface area contributed by atoms with Crippen LogP contribution in [0.2, 0.25) is 4.34 Å². The van der Waals surface area contributed by atoms with Crippen molar-refractivity contribution in [2.24, 2.45) is 5.73 Å². The second kappa shape index (κ2) is 6.22. The van der Waals surface area contributed by atoms with Crippen LogP contribution in [0.1, 0.15) is 23.8 Å². The zero-order valence-electron chi connectivity index (χ0n) is 12.1. The normalized spacial score (nSPS) is 12.9. The number of hydrogen-bond donors (Lipinski definition) is 1. The third kappa shape index (κ3) is 3.31. The van der Waals surface area contributed by atoms with Crippen LogP contribution < -0.4 is 5.73 Å². The fourth-order valence-electron chi connectivity index (χ4n) is 2.55. The maximum atomic E-state index is 6.07. The van der Waals surface area contributed by atoms with Gasteiger partial charge in [-0.05, 0) is 48.1 Å². The van der Waals surface area contributed by atoms with Crippen molar-refractivity contribution in [1.29, 1.82) is 0 Å². The quantitative estimate of drug-likeness (QED) is 0.727. The molecule has 2 N–H and O–H groups in total. The van der Waals surface area contributed by atoms with Gasteiger partial charge in [-0.2, -0.15) is 0 Å².